The molecule has 0 spiro atoms. The lowest BCUT2D eigenvalue weighted by molar-refractivity contribution is 0.0638. The smallest absolute Gasteiger partial charge is 0.315 e. The Morgan fingerprint density at radius 2 is 1.69 bits per heavy atom. The number of rotatable bonds is 4. The summed E-state index contributed by atoms with van der Waals surface area (Å²) in [5.74, 6) is -0.413. The van der Waals surface area contributed by atoms with Crippen molar-refractivity contribution in [2.45, 2.75) is 32.9 Å². The van der Waals surface area contributed by atoms with Gasteiger partial charge >= 0.3 is 5.56 Å². The van der Waals surface area contributed by atoms with Gasteiger partial charge in [-0.15, -0.1) is 0 Å². The lowest BCUT2D eigenvalue weighted by Crippen LogP contribution is -2.46. The van der Waals surface area contributed by atoms with Crippen LogP contribution in [-0.2, 0) is 13.0 Å². The predicted octanol–water partition coefficient (Wildman–Crippen LogP) is 3.07. The largest absolute Gasteiger partial charge is 0.501 e. The number of carbonyl (C=O) groups is 1. The molecule has 1 aliphatic heterocycles. The van der Waals surface area contributed by atoms with Gasteiger partial charge in [0.2, 0.25) is 5.75 Å². The van der Waals surface area contributed by atoms with Gasteiger partial charge < -0.3 is 14.6 Å². The van der Waals surface area contributed by atoms with Crippen molar-refractivity contribution in [3.8, 4) is 16.9 Å². The highest BCUT2D eigenvalue weighted by molar-refractivity contribution is 5.95. The van der Waals surface area contributed by atoms with E-state index in [0.717, 1.165) is 16.7 Å². The Morgan fingerprint density at radius 3 is 2.41 bits per heavy atom. The Bertz CT molecular complexity index is 1120. The molecular formula is C23H23N3O3. The fourth-order valence-electron chi connectivity index (χ4n) is 3.86. The van der Waals surface area contributed by atoms with E-state index in [1.807, 2.05) is 68.4 Å². The highest BCUT2D eigenvalue weighted by Gasteiger charge is 2.32. The van der Waals surface area contributed by atoms with Gasteiger partial charge in [-0.3, -0.25) is 9.59 Å². The molecule has 0 saturated carbocycles. The molecule has 2 aromatic carbocycles. The maximum Gasteiger partial charge on any atom is 0.315 e. The first-order valence-corrected chi connectivity index (χ1v) is 9.74. The molecular weight excluding hydrogens is 366 g/mol. The predicted molar refractivity (Wildman–Crippen MR) is 111 cm³/mol. The summed E-state index contributed by atoms with van der Waals surface area (Å²) in [6, 6.07) is 17.9. The van der Waals surface area contributed by atoms with Crippen molar-refractivity contribution >= 4 is 5.91 Å². The second kappa shape index (κ2) is 7.54. The van der Waals surface area contributed by atoms with Gasteiger partial charge in [-0.05, 0) is 30.5 Å². The topological polar surface area (TPSA) is 75.4 Å². The van der Waals surface area contributed by atoms with Crippen LogP contribution in [-0.4, -0.2) is 38.1 Å². The minimum Gasteiger partial charge on any atom is -0.501 e. The molecule has 3 aromatic rings. The molecule has 0 atom stereocenters. The molecule has 6 heteroatoms. The Morgan fingerprint density at radius 1 is 1.00 bits per heavy atom. The maximum absolute atomic E-state index is 12.9. The fourth-order valence-corrected chi connectivity index (χ4v) is 3.86. The molecule has 1 amide bonds. The Hall–Kier alpha value is -3.41. The second-order valence-corrected chi connectivity index (χ2v) is 7.47. The molecule has 0 saturated heterocycles. The van der Waals surface area contributed by atoms with Crippen molar-refractivity contribution < 1.29 is 9.90 Å². The minimum absolute atomic E-state index is 0.0128. The zero-order valence-electron chi connectivity index (χ0n) is 16.5. The van der Waals surface area contributed by atoms with Crippen molar-refractivity contribution in [1.82, 2.24) is 14.5 Å². The molecule has 1 aromatic heterocycles. The summed E-state index contributed by atoms with van der Waals surface area (Å²) in [4.78, 5) is 31.0. The van der Waals surface area contributed by atoms with E-state index in [-0.39, 0.29) is 17.6 Å². The van der Waals surface area contributed by atoms with E-state index in [0.29, 0.717) is 25.3 Å². The molecule has 6 nitrogen and oxygen atoms in total. The zero-order valence-corrected chi connectivity index (χ0v) is 16.5. The van der Waals surface area contributed by atoms with Gasteiger partial charge in [-0.1, -0.05) is 54.6 Å². The molecule has 148 valence electrons. The molecule has 0 aliphatic carbocycles. The summed E-state index contributed by atoms with van der Waals surface area (Å²) >= 11 is 0. The van der Waals surface area contributed by atoms with E-state index in [4.69, 9.17) is 0 Å². The summed E-state index contributed by atoms with van der Waals surface area (Å²) in [7, 11) is 0. The first-order chi connectivity index (χ1) is 14.0. The van der Waals surface area contributed by atoms with Gasteiger partial charge in [0.15, 0.2) is 5.69 Å². The molecule has 0 radical (unpaired) electrons. The van der Waals surface area contributed by atoms with Crippen LogP contribution in [0.2, 0.25) is 0 Å². The third-order valence-electron chi connectivity index (χ3n) is 5.34. The number of amides is 1. The molecule has 4 rings (SSSR count). The summed E-state index contributed by atoms with van der Waals surface area (Å²) in [6.45, 7) is 4.84. The number of hydrogen-bond acceptors (Lipinski definition) is 4. The lowest BCUT2D eigenvalue weighted by atomic mass is 9.97. The fraction of sp³-hybridized carbons (Fsp3) is 0.261. The van der Waals surface area contributed by atoms with Gasteiger partial charge in [-0.2, -0.15) is 4.98 Å². The molecule has 1 aliphatic rings. The summed E-state index contributed by atoms with van der Waals surface area (Å²) < 4.78 is 1.69. The molecule has 1 N–H and O–H groups in total. The number of nitrogens with zero attached hydrogens (tertiary/aromatic N) is 3. The molecule has 29 heavy (non-hydrogen) atoms. The number of benzene rings is 2. The summed E-state index contributed by atoms with van der Waals surface area (Å²) in [5, 5.41) is 10.3. The van der Waals surface area contributed by atoms with Crippen LogP contribution >= 0.6 is 0 Å². The van der Waals surface area contributed by atoms with Crippen molar-refractivity contribution in [2.75, 3.05) is 6.54 Å². The highest BCUT2D eigenvalue weighted by Crippen LogP contribution is 2.27. The standard InChI is InChI=1S/C23H23N3O3/c1-15(2)25-12-13-26-19(24-22(28)21(27)20(26)23(25)29)14-17-10-6-7-11-18(17)16-8-4-3-5-9-16/h3-11,15,27H,12-14H2,1-2H3. The van der Waals surface area contributed by atoms with E-state index in [1.54, 1.807) is 9.47 Å². The maximum atomic E-state index is 12.9. The van der Waals surface area contributed by atoms with Gasteiger partial charge in [0, 0.05) is 25.6 Å². The Kier molecular flexibility index (Phi) is 4.92. The van der Waals surface area contributed by atoms with Crippen LogP contribution in [0.1, 0.15) is 35.7 Å². The first-order valence-electron chi connectivity index (χ1n) is 9.74. The first kappa shape index (κ1) is 18.9. The van der Waals surface area contributed by atoms with Crippen LogP contribution in [0.4, 0.5) is 0 Å². The summed E-state index contributed by atoms with van der Waals surface area (Å²) in [6.07, 6.45) is 0.391. The summed E-state index contributed by atoms with van der Waals surface area (Å²) in [5.41, 5.74) is 2.41. The number of hydrogen-bond donors (Lipinski definition) is 1. The van der Waals surface area contributed by atoms with Crippen molar-refractivity contribution in [1.29, 1.82) is 0 Å². The molecule has 0 bridgehead atoms. The highest BCUT2D eigenvalue weighted by atomic mass is 16.3. The van der Waals surface area contributed by atoms with Gasteiger partial charge in [0.25, 0.3) is 5.91 Å². The van der Waals surface area contributed by atoms with Crippen molar-refractivity contribution in [3.05, 3.63) is 82.0 Å². The van der Waals surface area contributed by atoms with Crippen LogP contribution in [0.15, 0.2) is 59.4 Å². The van der Waals surface area contributed by atoms with Crippen molar-refractivity contribution in [2.24, 2.45) is 0 Å². The van der Waals surface area contributed by atoms with Crippen LogP contribution < -0.4 is 5.56 Å². The van der Waals surface area contributed by atoms with Crippen LogP contribution in [0, 0.1) is 0 Å². The third-order valence-corrected chi connectivity index (χ3v) is 5.34. The van der Waals surface area contributed by atoms with Crippen molar-refractivity contribution in [3.63, 3.8) is 0 Å². The molecule has 0 unspecified atom stereocenters. The van der Waals surface area contributed by atoms with E-state index < -0.39 is 11.3 Å². The molecule has 2 heterocycles. The number of aromatic hydroxyl groups is 1. The van der Waals surface area contributed by atoms with Gasteiger partial charge in [0.05, 0.1) is 0 Å². The van der Waals surface area contributed by atoms with Crippen LogP contribution in [0.5, 0.6) is 5.75 Å². The van der Waals surface area contributed by atoms with E-state index >= 15 is 0 Å². The van der Waals surface area contributed by atoms with E-state index in [9.17, 15) is 14.7 Å². The normalized spacial score (nSPS) is 13.6. The van der Waals surface area contributed by atoms with Crippen LogP contribution in [0.25, 0.3) is 11.1 Å². The monoisotopic (exact) mass is 389 g/mol. The van der Waals surface area contributed by atoms with Gasteiger partial charge in [0.1, 0.15) is 5.82 Å². The quantitative estimate of drug-likeness (QED) is 0.744. The Balaban J connectivity index is 1.81. The number of carbonyl (C=O) groups excluding carboxylic acids is 1. The average molecular weight is 389 g/mol. The van der Waals surface area contributed by atoms with E-state index in [2.05, 4.69) is 4.98 Å². The van der Waals surface area contributed by atoms with Gasteiger partial charge in [-0.25, -0.2) is 0 Å². The molecule has 0 fully saturated rings. The minimum atomic E-state index is -0.762. The number of fused-ring (bicyclic) bond motifs is 1. The Labute approximate surface area is 169 Å². The second-order valence-electron chi connectivity index (χ2n) is 7.47. The van der Waals surface area contributed by atoms with E-state index in [1.165, 1.54) is 0 Å². The average Bonchev–Trinajstić information content (AvgIpc) is 2.72. The van der Waals surface area contributed by atoms with Crippen LogP contribution in [0.3, 0.4) is 0 Å². The SMILES string of the molecule is CC(C)N1CCn2c(Cc3ccccc3-c3ccccc3)nc(=O)c(O)c2C1=O. The zero-order chi connectivity index (χ0) is 20.5. The lowest BCUT2D eigenvalue weighted by Gasteiger charge is -2.34. The number of aromatic nitrogens is 2. The third kappa shape index (κ3) is 3.42.